The number of nitrogens with one attached hydrogen (secondary N) is 1. The quantitative estimate of drug-likeness (QED) is 0.667. The maximum atomic E-state index is 12.0. The van der Waals surface area contributed by atoms with E-state index in [1.807, 2.05) is 4.90 Å². The molecule has 5 nitrogen and oxygen atoms in total. The SMILES string of the molecule is COCCOCC(=O)N1CCCC(CNC(C)C)C1. The lowest BCUT2D eigenvalue weighted by atomic mass is 9.97. The highest BCUT2D eigenvalue weighted by molar-refractivity contribution is 5.77. The number of amides is 1. The molecule has 0 aromatic heterocycles. The molecule has 1 amide bonds. The van der Waals surface area contributed by atoms with E-state index >= 15 is 0 Å². The molecule has 0 saturated carbocycles. The first kappa shape index (κ1) is 16.4. The van der Waals surface area contributed by atoms with E-state index in [9.17, 15) is 4.79 Å². The van der Waals surface area contributed by atoms with E-state index in [0.717, 1.165) is 26.1 Å². The smallest absolute Gasteiger partial charge is 0.248 e. The van der Waals surface area contributed by atoms with Gasteiger partial charge in [-0.3, -0.25) is 4.79 Å². The maximum Gasteiger partial charge on any atom is 0.248 e. The van der Waals surface area contributed by atoms with Crippen molar-refractivity contribution < 1.29 is 14.3 Å². The number of piperidine rings is 1. The van der Waals surface area contributed by atoms with Crippen LogP contribution in [0.15, 0.2) is 0 Å². The number of ether oxygens (including phenoxy) is 2. The second-order valence-corrected chi connectivity index (χ2v) is 5.46. The Kier molecular flexibility index (Phi) is 8.02. The molecule has 1 saturated heterocycles. The number of likely N-dealkylation sites (tertiary alicyclic amines) is 1. The van der Waals surface area contributed by atoms with Gasteiger partial charge in [0.15, 0.2) is 0 Å². The van der Waals surface area contributed by atoms with Crippen LogP contribution >= 0.6 is 0 Å². The molecule has 1 aliphatic rings. The van der Waals surface area contributed by atoms with Crippen molar-refractivity contribution in [2.45, 2.75) is 32.7 Å². The zero-order valence-corrected chi connectivity index (χ0v) is 12.5. The Morgan fingerprint density at radius 2 is 2.21 bits per heavy atom. The van der Waals surface area contributed by atoms with Crippen molar-refractivity contribution in [3.63, 3.8) is 0 Å². The van der Waals surface area contributed by atoms with E-state index in [1.54, 1.807) is 7.11 Å². The molecule has 0 aliphatic carbocycles. The lowest BCUT2D eigenvalue weighted by Gasteiger charge is -2.33. The fourth-order valence-electron chi connectivity index (χ4n) is 2.25. The molecule has 1 fully saturated rings. The fraction of sp³-hybridized carbons (Fsp3) is 0.929. The topological polar surface area (TPSA) is 50.8 Å². The summed E-state index contributed by atoms with van der Waals surface area (Å²) in [5.74, 6) is 0.671. The Labute approximate surface area is 116 Å². The number of rotatable bonds is 8. The Morgan fingerprint density at radius 1 is 1.42 bits per heavy atom. The summed E-state index contributed by atoms with van der Waals surface area (Å²) in [6.07, 6.45) is 2.29. The lowest BCUT2D eigenvalue weighted by Crippen LogP contribution is -2.45. The molecule has 0 bridgehead atoms. The van der Waals surface area contributed by atoms with Gasteiger partial charge in [-0.05, 0) is 25.3 Å². The summed E-state index contributed by atoms with van der Waals surface area (Å²) in [7, 11) is 1.63. The third-order valence-electron chi connectivity index (χ3n) is 3.34. The van der Waals surface area contributed by atoms with E-state index in [-0.39, 0.29) is 12.5 Å². The Balaban J connectivity index is 2.23. The van der Waals surface area contributed by atoms with Crippen LogP contribution in [0.2, 0.25) is 0 Å². The molecule has 19 heavy (non-hydrogen) atoms. The van der Waals surface area contributed by atoms with Crippen molar-refractivity contribution in [2.24, 2.45) is 5.92 Å². The summed E-state index contributed by atoms with van der Waals surface area (Å²) in [5, 5.41) is 3.45. The van der Waals surface area contributed by atoms with E-state index in [4.69, 9.17) is 9.47 Å². The van der Waals surface area contributed by atoms with Gasteiger partial charge in [0.05, 0.1) is 13.2 Å². The molecule has 1 rings (SSSR count). The molecule has 112 valence electrons. The zero-order chi connectivity index (χ0) is 14.1. The highest BCUT2D eigenvalue weighted by Crippen LogP contribution is 2.16. The normalized spacial score (nSPS) is 20.0. The van der Waals surface area contributed by atoms with Crippen molar-refractivity contribution in [1.29, 1.82) is 0 Å². The minimum Gasteiger partial charge on any atom is -0.382 e. The average molecular weight is 272 g/mol. The van der Waals surface area contributed by atoms with Crippen LogP contribution in [0, 0.1) is 5.92 Å². The molecule has 1 unspecified atom stereocenters. The van der Waals surface area contributed by atoms with E-state index in [1.165, 1.54) is 6.42 Å². The van der Waals surface area contributed by atoms with Gasteiger partial charge in [-0.25, -0.2) is 0 Å². The molecule has 1 atom stereocenters. The highest BCUT2D eigenvalue weighted by atomic mass is 16.5. The van der Waals surface area contributed by atoms with Gasteiger partial charge in [-0.1, -0.05) is 13.8 Å². The molecule has 1 aliphatic heterocycles. The molecule has 0 aromatic rings. The zero-order valence-electron chi connectivity index (χ0n) is 12.5. The first-order valence-electron chi connectivity index (χ1n) is 7.21. The van der Waals surface area contributed by atoms with Gasteiger partial charge >= 0.3 is 0 Å². The molecular formula is C14H28N2O3. The summed E-state index contributed by atoms with van der Waals surface area (Å²) < 4.78 is 10.2. The molecule has 1 heterocycles. The third kappa shape index (κ3) is 6.89. The van der Waals surface area contributed by atoms with Crippen LogP contribution in [0.5, 0.6) is 0 Å². The summed E-state index contributed by atoms with van der Waals surface area (Å²) >= 11 is 0. The summed E-state index contributed by atoms with van der Waals surface area (Å²) in [5.41, 5.74) is 0. The van der Waals surface area contributed by atoms with Crippen LogP contribution in [-0.4, -0.2) is 63.4 Å². The predicted octanol–water partition coefficient (Wildman–Crippen LogP) is 0.886. The summed E-state index contributed by atoms with van der Waals surface area (Å²) in [6, 6.07) is 0.503. The lowest BCUT2D eigenvalue weighted by molar-refractivity contribution is -0.138. The Morgan fingerprint density at radius 3 is 2.89 bits per heavy atom. The number of methoxy groups -OCH3 is 1. The number of hydrogen-bond acceptors (Lipinski definition) is 4. The monoisotopic (exact) mass is 272 g/mol. The molecule has 0 spiro atoms. The third-order valence-corrected chi connectivity index (χ3v) is 3.34. The van der Waals surface area contributed by atoms with Crippen molar-refractivity contribution in [1.82, 2.24) is 10.2 Å². The fourth-order valence-corrected chi connectivity index (χ4v) is 2.25. The second kappa shape index (κ2) is 9.28. The van der Waals surface area contributed by atoms with Gasteiger partial charge in [0, 0.05) is 26.2 Å². The Hall–Kier alpha value is -0.650. The van der Waals surface area contributed by atoms with Crippen LogP contribution in [0.1, 0.15) is 26.7 Å². The van der Waals surface area contributed by atoms with Crippen LogP contribution in [0.4, 0.5) is 0 Å². The van der Waals surface area contributed by atoms with Crippen molar-refractivity contribution >= 4 is 5.91 Å². The van der Waals surface area contributed by atoms with Crippen LogP contribution in [-0.2, 0) is 14.3 Å². The number of hydrogen-bond donors (Lipinski definition) is 1. The minimum atomic E-state index is 0.102. The van der Waals surface area contributed by atoms with Gasteiger partial charge < -0.3 is 19.7 Å². The van der Waals surface area contributed by atoms with Crippen LogP contribution in [0.25, 0.3) is 0 Å². The maximum absolute atomic E-state index is 12.0. The molecular weight excluding hydrogens is 244 g/mol. The number of carbonyl (C=O) groups is 1. The second-order valence-electron chi connectivity index (χ2n) is 5.46. The number of carbonyl (C=O) groups excluding carboxylic acids is 1. The average Bonchev–Trinajstić information content (AvgIpc) is 2.41. The molecule has 5 heteroatoms. The van der Waals surface area contributed by atoms with E-state index in [2.05, 4.69) is 19.2 Å². The number of nitrogens with zero attached hydrogens (tertiary/aromatic N) is 1. The highest BCUT2D eigenvalue weighted by Gasteiger charge is 2.23. The standard InChI is InChI=1S/C14H28N2O3/c1-12(2)15-9-13-5-4-6-16(10-13)14(17)11-19-8-7-18-3/h12-13,15H,4-11H2,1-3H3. The summed E-state index contributed by atoms with van der Waals surface area (Å²) in [4.78, 5) is 13.9. The molecule has 0 aromatic carbocycles. The largest absolute Gasteiger partial charge is 0.382 e. The van der Waals surface area contributed by atoms with Gasteiger partial charge in [0.25, 0.3) is 0 Å². The van der Waals surface area contributed by atoms with Crippen LogP contribution in [0.3, 0.4) is 0 Å². The van der Waals surface area contributed by atoms with E-state index < -0.39 is 0 Å². The van der Waals surface area contributed by atoms with Crippen molar-refractivity contribution in [3.8, 4) is 0 Å². The molecule has 1 N–H and O–H groups in total. The van der Waals surface area contributed by atoms with Gasteiger partial charge in [0.1, 0.15) is 6.61 Å². The first-order chi connectivity index (χ1) is 9.13. The van der Waals surface area contributed by atoms with E-state index in [0.29, 0.717) is 25.2 Å². The van der Waals surface area contributed by atoms with Gasteiger partial charge in [-0.15, -0.1) is 0 Å². The van der Waals surface area contributed by atoms with Crippen molar-refractivity contribution in [3.05, 3.63) is 0 Å². The Bertz CT molecular complexity index is 259. The summed E-state index contributed by atoms with van der Waals surface area (Å²) in [6.45, 7) is 8.20. The predicted molar refractivity (Wildman–Crippen MR) is 75.1 cm³/mol. The molecule has 0 radical (unpaired) electrons. The van der Waals surface area contributed by atoms with Crippen molar-refractivity contribution in [2.75, 3.05) is 46.6 Å². The minimum absolute atomic E-state index is 0.102. The van der Waals surface area contributed by atoms with Crippen LogP contribution < -0.4 is 5.32 Å². The van der Waals surface area contributed by atoms with Gasteiger partial charge in [0.2, 0.25) is 5.91 Å². The first-order valence-corrected chi connectivity index (χ1v) is 7.21. The van der Waals surface area contributed by atoms with Gasteiger partial charge in [-0.2, -0.15) is 0 Å².